The average Bonchev–Trinajstić information content (AvgIpc) is 3.43. The summed E-state index contributed by atoms with van der Waals surface area (Å²) < 4.78 is 11.6. The molecular formula is C26H21ClN2O3. The summed E-state index contributed by atoms with van der Waals surface area (Å²) in [6.45, 7) is 4.36. The largest absolute Gasteiger partial charge is 0.451 e. The number of para-hydroxylation sites is 1. The maximum absolute atomic E-state index is 12.8. The molecule has 0 fully saturated rings. The van der Waals surface area contributed by atoms with Gasteiger partial charge in [-0.05, 0) is 60.4 Å². The highest BCUT2D eigenvalue weighted by molar-refractivity contribution is 6.34. The number of nitrogens with one attached hydrogen (secondary N) is 1. The lowest BCUT2D eigenvalue weighted by Gasteiger charge is -2.07. The third kappa shape index (κ3) is 3.76. The molecule has 1 N–H and O–H groups in total. The summed E-state index contributed by atoms with van der Waals surface area (Å²) in [5.41, 5.74) is 4.58. The molecule has 5 nitrogen and oxygen atoms in total. The molecule has 5 rings (SSSR count). The number of carbonyl (C=O) groups is 1. The molecule has 1 amide bonds. The Morgan fingerprint density at radius 1 is 1.03 bits per heavy atom. The summed E-state index contributed by atoms with van der Waals surface area (Å²) in [5.74, 6) is 0.760. The van der Waals surface area contributed by atoms with Crippen molar-refractivity contribution in [1.29, 1.82) is 0 Å². The van der Waals surface area contributed by atoms with Crippen LogP contribution in [0.25, 0.3) is 33.5 Å². The summed E-state index contributed by atoms with van der Waals surface area (Å²) in [4.78, 5) is 17.4. The standard InChI is InChI=1S/C26H21ClN2O3/c1-3-15(2)16-9-11-23-21(12-16)29-26(32-23)18-8-10-19(27)20(13-18)28-25(30)24-14-17-6-4-5-7-22(17)31-24/h4-15H,3H2,1-2H3,(H,28,30)/t15-/m0/s1. The predicted octanol–water partition coefficient (Wildman–Crippen LogP) is 7.66. The molecule has 0 aliphatic rings. The van der Waals surface area contributed by atoms with Gasteiger partial charge in [0, 0.05) is 10.9 Å². The van der Waals surface area contributed by atoms with Crippen LogP contribution in [0.3, 0.4) is 0 Å². The molecule has 32 heavy (non-hydrogen) atoms. The van der Waals surface area contributed by atoms with Gasteiger partial charge in [0.05, 0.1) is 10.7 Å². The van der Waals surface area contributed by atoms with E-state index < -0.39 is 0 Å². The molecule has 2 heterocycles. The van der Waals surface area contributed by atoms with Gasteiger partial charge in [-0.15, -0.1) is 0 Å². The first-order chi connectivity index (χ1) is 15.5. The number of halogens is 1. The number of aromatic nitrogens is 1. The average molecular weight is 445 g/mol. The van der Waals surface area contributed by atoms with Crippen molar-refractivity contribution in [2.45, 2.75) is 26.2 Å². The molecule has 3 aromatic carbocycles. The van der Waals surface area contributed by atoms with Crippen LogP contribution in [0.5, 0.6) is 0 Å². The van der Waals surface area contributed by atoms with Crippen LogP contribution in [0.1, 0.15) is 42.3 Å². The van der Waals surface area contributed by atoms with Crippen LogP contribution in [-0.4, -0.2) is 10.9 Å². The highest BCUT2D eigenvalue weighted by Gasteiger charge is 2.16. The van der Waals surface area contributed by atoms with Crippen molar-refractivity contribution in [2.75, 3.05) is 5.32 Å². The molecule has 0 bridgehead atoms. The van der Waals surface area contributed by atoms with Crippen LogP contribution in [0.2, 0.25) is 5.02 Å². The van der Waals surface area contributed by atoms with Gasteiger partial charge in [-0.25, -0.2) is 4.98 Å². The highest BCUT2D eigenvalue weighted by Crippen LogP contribution is 2.32. The van der Waals surface area contributed by atoms with Crippen LogP contribution in [-0.2, 0) is 0 Å². The van der Waals surface area contributed by atoms with Gasteiger partial charge in [0.2, 0.25) is 5.89 Å². The van der Waals surface area contributed by atoms with Crippen LogP contribution < -0.4 is 5.32 Å². The maximum Gasteiger partial charge on any atom is 0.291 e. The Bertz CT molecular complexity index is 1420. The molecule has 2 aromatic heterocycles. The smallest absolute Gasteiger partial charge is 0.291 e. The number of amides is 1. The summed E-state index contributed by atoms with van der Waals surface area (Å²) in [6, 6.07) is 20.6. The molecule has 0 aliphatic heterocycles. The first-order valence-corrected chi connectivity index (χ1v) is 10.9. The lowest BCUT2D eigenvalue weighted by atomic mass is 9.98. The molecule has 0 aliphatic carbocycles. The van der Waals surface area contributed by atoms with Crippen molar-refractivity contribution in [3.8, 4) is 11.5 Å². The van der Waals surface area contributed by atoms with Crippen molar-refractivity contribution in [2.24, 2.45) is 0 Å². The SMILES string of the molecule is CC[C@H](C)c1ccc2oc(-c3ccc(Cl)c(NC(=O)c4cc5ccccc5o4)c3)nc2c1. The van der Waals surface area contributed by atoms with E-state index in [9.17, 15) is 4.79 Å². The monoisotopic (exact) mass is 444 g/mol. The molecule has 0 radical (unpaired) electrons. The molecule has 0 spiro atoms. The quantitative estimate of drug-likeness (QED) is 0.302. The predicted molar refractivity (Wildman–Crippen MR) is 127 cm³/mol. The lowest BCUT2D eigenvalue weighted by Crippen LogP contribution is -2.11. The fourth-order valence-electron chi connectivity index (χ4n) is 3.64. The van der Waals surface area contributed by atoms with E-state index in [1.165, 1.54) is 5.56 Å². The summed E-state index contributed by atoms with van der Waals surface area (Å²) in [6.07, 6.45) is 1.06. The number of fused-ring (bicyclic) bond motifs is 2. The van der Waals surface area contributed by atoms with Gasteiger partial charge in [-0.2, -0.15) is 0 Å². The Balaban J connectivity index is 1.45. The van der Waals surface area contributed by atoms with Crippen molar-refractivity contribution >= 4 is 45.3 Å². The van der Waals surface area contributed by atoms with Gasteiger partial charge in [-0.1, -0.05) is 49.7 Å². The van der Waals surface area contributed by atoms with Crippen LogP contribution in [0.4, 0.5) is 5.69 Å². The Kier molecular flexibility index (Phi) is 5.19. The van der Waals surface area contributed by atoms with E-state index in [1.54, 1.807) is 18.2 Å². The summed E-state index contributed by atoms with van der Waals surface area (Å²) in [7, 11) is 0. The number of oxazole rings is 1. The molecule has 0 unspecified atom stereocenters. The van der Waals surface area contributed by atoms with E-state index in [0.717, 1.165) is 28.5 Å². The number of anilines is 1. The lowest BCUT2D eigenvalue weighted by molar-refractivity contribution is 0.0998. The Morgan fingerprint density at radius 3 is 2.69 bits per heavy atom. The minimum absolute atomic E-state index is 0.215. The Morgan fingerprint density at radius 2 is 1.88 bits per heavy atom. The van der Waals surface area contributed by atoms with Gasteiger partial charge >= 0.3 is 0 Å². The third-order valence-corrected chi connectivity index (χ3v) is 6.03. The number of furan rings is 1. The van der Waals surface area contributed by atoms with Crippen molar-refractivity contribution in [1.82, 2.24) is 4.98 Å². The second kappa shape index (κ2) is 8.17. The highest BCUT2D eigenvalue weighted by atomic mass is 35.5. The van der Waals surface area contributed by atoms with Crippen molar-refractivity contribution in [3.63, 3.8) is 0 Å². The number of nitrogens with zero attached hydrogens (tertiary/aromatic N) is 1. The minimum Gasteiger partial charge on any atom is -0.451 e. The zero-order chi connectivity index (χ0) is 22.2. The van der Waals surface area contributed by atoms with E-state index >= 15 is 0 Å². The topological polar surface area (TPSA) is 68.3 Å². The minimum atomic E-state index is -0.379. The van der Waals surface area contributed by atoms with Gasteiger partial charge < -0.3 is 14.2 Å². The molecule has 160 valence electrons. The van der Waals surface area contributed by atoms with Gasteiger partial charge in [0.15, 0.2) is 11.3 Å². The molecule has 1 atom stereocenters. The van der Waals surface area contributed by atoms with E-state index in [2.05, 4.69) is 36.3 Å². The second-order valence-corrected chi connectivity index (χ2v) is 8.26. The summed E-state index contributed by atoms with van der Waals surface area (Å²) >= 11 is 6.35. The van der Waals surface area contributed by atoms with Crippen LogP contribution >= 0.6 is 11.6 Å². The zero-order valence-electron chi connectivity index (χ0n) is 17.7. The third-order valence-electron chi connectivity index (χ3n) is 5.70. The first-order valence-electron chi connectivity index (χ1n) is 10.5. The number of hydrogen-bond donors (Lipinski definition) is 1. The number of carbonyl (C=O) groups excluding carboxylic acids is 1. The Hall–Kier alpha value is -3.57. The number of rotatable bonds is 5. The molecule has 6 heteroatoms. The van der Waals surface area contributed by atoms with Crippen LogP contribution in [0.15, 0.2) is 75.6 Å². The van der Waals surface area contributed by atoms with Crippen LogP contribution in [0, 0.1) is 0 Å². The van der Waals surface area contributed by atoms with Gasteiger partial charge in [0.1, 0.15) is 11.1 Å². The molecular weight excluding hydrogens is 424 g/mol. The maximum atomic E-state index is 12.8. The molecule has 0 saturated heterocycles. The number of benzene rings is 3. The normalized spacial score (nSPS) is 12.3. The second-order valence-electron chi connectivity index (χ2n) is 7.85. The van der Waals surface area contributed by atoms with E-state index in [4.69, 9.17) is 20.4 Å². The van der Waals surface area contributed by atoms with Crippen molar-refractivity contribution < 1.29 is 13.6 Å². The first kappa shape index (κ1) is 20.3. The zero-order valence-corrected chi connectivity index (χ0v) is 18.4. The molecule has 5 aromatic rings. The van der Waals surface area contributed by atoms with E-state index in [1.807, 2.05) is 36.4 Å². The Labute approximate surface area is 190 Å². The van der Waals surface area contributed by atoms with E-state index in [0.29, 0.717) is 28.1 Å². The number of hydrogen-bond acceptors (Lipinski definition) is 4. The fourth-order valence-corrected chi connectivity index (χ4v) is 3.81. The van der Waals surface area contributed by atoms with Gasteiger partial charge in [-0.3, -0.25) is 4.79 Å². The fraction of sp³-hybridized carbons (Fsp3) is 0.154. The molecule has 0 saturated carbocycles. The van der Waals surface area contributed by atoms with Crippen molar-refractivity contribution in [3.05, 3.63) is 83.1 Å². The van der Waals surface area contributed by atoms with Gasteiger partial charge in [0.25, 0.3) is 5.91 Å². The summed E-state index contributed by atoms with van der Waals surface area (Å²) in [5, 5.41) is 4.10. The van der Waals surface area contributed by atoms with E-state index in [-0.39, 0.29) is 11.7 Å².